The predicted octanol–water partition coefficient (Wildman–Crippen LogP) is 6.89. The lowest BCUT2D eigenvalue weighted by atomic mass is 10.0. The molecule has 2 aliphatic heterocycles. The number of aromatic nitrogens is 4. The third-order valence-corrected chi connectivity index (χ3v) is 9.02. The summed E-state index contributed by atoms with van der Waals surface area (Å²) >= 11 is 8.03. The number of anilines is 6. The van der Waals surface area contributed by atoms with E-state index >= 15 is 0 Å². The van der Waals surface area contributed by atoms with Gasteiger partial charge in [-0.2, -0.15) is 4.98 Å². The first-order chi connectivity index (χ1) is 21.1. The highest BCUT2D eigenvalue weighted by Crippen LogP contribution is 2.38. The maximum Gasteiger partial charge on any atom is 0.229 e. The zero-order chi connectivity index (χ0) is 29.8. The van der Waals surface area contributed by atoms with E-state index in [4.69, 9.17) is 21.3 Å². The molecule has 6 rings (SSSR count). The molecule has 43 heavy (non-hydrogen) atoms. The Morgan fingerprint density at radius 2 is 1.79 bits per heavy atom. The Bertz CT molecular complexity index is 1570. The highest BCUT2D eigenvalue weighted by Gasteiger charge is 2.28. The van der Waals surface area contributed by atoms with E-state index in [0.717, 1.165) is 53.4 Å². The van der Waals surface area contributed by atoms with Crippen LogP contribution in [0.15, 0.2) is 42.9 Å². The predicted molar refractivity (Wildman–Crippen MR) is 179 cm³/mol. The maximum atomic E-state index is 6.56. The van der Waals surface area contributed by atoms with E-state index < -0.39 is 0 Å². The number of methoxy groups -OCH3 is 1. The highest BCUT2D eigenvalue weighted by atomic mass is 35.5. The van der Waals surface area contributed by atoms with Gasteiger partial charge in [0.2, 0.25) is 5.95 Å². The van der Waals surface area contributed by atoms with Crippen LogP contribution in [0.1, 0.15) is 38.2 Å². The Balaban J connectivity index is 1.23. The number of fused-ring (bicyclic) bond motifs is 1. The second-order valence-corrected chi connectivity index (χ2v) is 11.9. The average molecular weight is 620 g/mol. The maximum absolute atomic E-state index is 6.56. The highest BCUT2D eigenvalue weighted by molar-refractivity contribution is 7.99. The number of nitrogens with one attached hydrogen (secondary N) is 3. The molecule has 10 nitrogen and oxygen atoms in total. The Kier molecular flexibility index (Phi) is 9.20. The molecule has 0 aliphatic carbocycles. The Labute approximate surface area is 262 Å². The van der Waals surface area contributed by atoms with Crippen molar-refractivity contribution in [2.45, 2.75) is 45.1 Å². The molecule has 2 aromatic carbocycles. The average Bonchev–Trinajstić information content (AvgIpc) is 3.59. The summed E-state index contributed by atoms with van der Waals surface area (Å²) in [6.07, 6.45) is 12.9. The van der Waals surface area contributed by atoms with Gasteiger partial charge >= 0.3 is 0 Å². The van der Waals surface area contributed by atoms with Gasteiger partial charge in [-0.15, -0.1) is 0 Å². The monoisotopic (exact) mass is 619 g/mol. The van der Waals surface area contributed by atoms with Crippen molar-refractivity contribution in [1.82, 2.24) is 24.8 Å². The van der Waals surface area contributed by atoms with Gasteiger partial charge in [0.1, 0.15) is 16.3 Å². The van der Waals surface area contributed by atoms with Crippen molar-refractivity contribution in [1.29, 1.82) is 0 Å². The summed E-state index contributed by atoms with van der Waals surface area (Å²) in [7, 11) is 1.70. The third kappa shape index (κ3) is 6.39. The lowest BCUT2D eigenvalue weighted by Gasteiger charge is -2.38. The van der Waals surface area contributed by atoms with Gasteiger partial charge in [-0.05, 0) is 69.0 Å². The molecule has 0 saturated carbocycles. The van der Waals surface area contributed by atoms with E-state index in [1.165, 1.54) is 62.0 Å². The Morgan fingerprint density at radius 3 is 2.53 bits per heavy atom. The summed E-state index contributed by atoms with van der Waals surface area (Å²) in [6.45, 7) is 6.84. The largest absolute Gasteiger partial charge is 0.494 e. The minimum absolute atomic E-state index is 0.397. The van der Waals surface area contributed by atoms with Crippen molar-refractivity contribution in [2.24, 2.45) is 0 Å². The first-order valence-corrected chi connectivity index (χ1v) is 16.5. The Morgan fingerprint density at radius 1 is 1.00 bits per heavy atom. The van der Waals surface area contributed by atoms with Gasteiger partial charge in [0.25, 0.3) is 0 Å². The quantitative estimate of drug-likeness (QED) is 0.162. The zero-order valence-electron chi connectivity index (χ0n) is 24.9. The molecule has 226 valence electrons. The first-order valence-electron chi connectivity index (χ1n) is 14.9. The Hall–Kier alpha value is -3.54. The molecule has 0 spiro atoms. The molecule has 3 N–H and O–H groups in total. The van der Waals surface area contributed by atoms with E-state index in [0.29, 0.717) is 22.8 Å². The summed E-state index contributed by atoms with van der Waals surface area (Å²) < 4.78 is 9.18. The molecule has 0 atom stereocenters. The number of benzene rings is 2. The zero-order valence-corrected chi connectivity index (χ0v) is 26.4. The fourth-order valence-electron chi connectivity index (χ4n) is 6.15. The number of likely N-dealkylation sites (tertiary alicyclic amines) is 1. The molecule has 2 aromatic heterocycles. The second-order valence-electron chi connectivity index (χ2n) is 10.9. The molecule has 2 fully saturated rings. The summed E-state index contributed by atoms with van der Waals surface area (Å²) in [5.74, 6) is 1.63. The van der Waals surface area contributed by atoms with Crippen LogP contribution in [-0.4, -0.2) is 70.4 Å². The van der Waals surface area contributed by atoms with Crippen LogP contribution in [0.3, 0.4) is 0 Å². The van der Waals surface area contributed by atoms with E-state index in [9.17, 15) is 0 Å². The van der Waals surface area contributed by atoms with Crippen molar-refractivity contribution in [3.8, 4) is 5.75 Å². The molecule has 4 aromatic rings. The van der Waals surface area contributed by atoms with Crippen LogP contribution in [0.4, 0.5) is 34.5 Å². The van der Waals surface area contributed by atoms with Gasteiger partial charge in [0, 0.05) is 49.5 Å². The van der Waals surface area contributed by atoms with Crippen molar-refractivity contribution in [2.75, 3.05) is 59.8 Å². The van der Waals surface area contributed by atoms with Crippen molar-refractivity contribution < 1.29 is 4.74 Å². The molecule has 12 heteroatoms. The molecule has 4 heterocycles. The normalized spacial score (nSPS) is 16.0. The minimum Gasteiger partial charge on any atom is -0.494 e. The topological polar surface area (TPSA) is 103 Å². The van der Waals surface area contributed by atoms with Crippen LogP contribution in [0.2, 0.25) is 5.02 Å². The van der Waals surface area contributed by atoms with Crippen molar-refractivity contribution >= 4 is 69.1 Å². The van der Waals surface area contributed by atoms with E-state index in [1.807, 2.05) is 18.4 Å². The van der Waals surface area contributed by atoms with Gasteiger partial charge in [-0.3, -0.25) is 9.97 Å². The molecule has 2 aliphatic rings. The molecule has 0 unspecified atom stereocenters. The number of aryl methyl sites for hydroxylation is 1. The molecule has 0 radical (unpaired) electrons. The molecule has 2 saturated heterocycles. The lowest BCUT2D eigenvalue weighted by Crippen LogP contribution is -2.44. The number of hydrogen-bond donors (Lipinski definition) is 3. The van der Waals surface area contributed by atoms with Gasteiger partial charge in [-0.1, -0.05) is 30.5 Å². The van der Waals surface area contributed by atoms with Crippen LogP contribution in [-0.2, 0) is 6.42 Å². The van der Waals surface area contributed by atoms with Crippen molar-refractivity contribution in [3.05, 3.63) is 53.4 Å². The molecule has 0 bridgehead atoms. The fourth-order valence-corrected chi connectivity index (χ4v) is 6.69. The molecular formula is C31H38ClN9OS. The summed E-state index contributed by atoms with van der Waals surface area (Å²) in [6, 6.07) is 8.88. The van der Waals surface area contributed by atoms with Gasteiger partial charge in [0.15, 0.2) is 5.82 Å². The van der Waals surface area contributed by atoms with Crippen molar-refractivity contribution in [3.63, 3.8) is 0 Å². The second kappa shape index (κ2) is 13.4. The number of nitrogens with zero attached hydrogens (tertiary/aromatic N) is 6. The summed E-state index contributed by atoms with van der Waals surface area (Å²) in [5, 5.41) is 7.14. The standard InChI is InChI=1S/C31H38ClN9OS/c1-4-20-17-25(27(42-2)18-26(20)41-15-9-21(10-16-41)40-13-5-6-14-40)37-31-35-19-22(32)30(38-31)36-24-8-7-23-28(29(24)39-43-3)34-12-11-33-23/h7-8,11-12,17-19,21,39H,4-6,9-10,13-16H2,1-3H3,(H2,35,36,37,38). The van der Waals surface area contributed by atoms with E-state index in [2.05, 4.69) is 59.2 Å². The number of piperidine rings is 1. The van der Waals surface area contributed by atoms with Crippen LogP contribution in [0.25, 0.3) is 11.0 Å². The number of halogens is 1. The smallest absolute Gasteiger partial charge is 0.229 e. The fraction of sp³-hybridized carbons (Fsp3) is 0.419. The van der Waals surface area contributed by atoms with Crippen LogP contribution in [0.5, 0.6) is 5.75 Å². The van der Waals surface area contributed by atoms with Gasteiger partial charge < -0.3 is 29.9 Å². The third-order valence-electron chi connectivity index (χ3n) is 8.33. The first kappa shape index (κ1) is 29.5. The van der Waals surface area contributed by atoms with Gasteiger partial charge in [0.05, 0.1) is 35.9 Å². The number of hydrogen-bond acceptors (Lipinski definition) is 11. The molecule has 0 amide bonds. The lowest BCUT2D eigenvalue weighted by molar-refractivity contribution is 0.208. The number of rotatable bonds is 10. The van der Waals surface area contributed by atoms with Crippen LogP contribution in [0, 0.1) is 0 Å². The summed E-state index contributed by atoms with van der Waals surface area (Å²) in [5.41, 5.74) is 6.45. The van der Waals surface area contributed by atoms with Crippen LogP contribution >= 0.6 is 23.5 Å². The van der Waals surface area contributed by atoms with E-state index in [-0.39, 0.29) is 0 Å². The minimum atomic E-state index is 0.397. The van der Waals surface area contributed by atoms with Crippen LogP contribution < -0.4 is 25.0 Å². The van der Waals surface area contributed by atoms with E-state index in [1.54, 1.807) is 25.7 Å². The summed E-state index contributed by atoms with van der Waals surface area (Å²) in [4.78, 5) is 23.3. The number of ether oxygens (including phenoxy) is 1. The SMILES string of the molecule is CCc1cc(Nc2ncc(Cl)c(Nc3ccc4nccnc4c3NSC)n2)c(OC)cc1N1CCC(N2CCCC2)CC1. The van der Waals surface area contributed by atoms with Gasteiger partial charge in [-0.25, -0.2) is 4.98 Å². The molecular weight excluding hydrogens is 582 g/mol.